The topological polar surface area (TPSA) is 105 Å². The molecule has 0 aliphatic heterocycles. The van der Waals surface area contributed by atoms with Crippen LogP contribution >= 0.6 is 11.6 Å². The Morgan fingerprint density at radius 2 is 1.91 bits per heavy atom. The number of halogens is 1. The highest BCUT2D eigenvalue weighted by molar-refractivity contribution is 6.33. The summed E-state index contributed by atoms with van der Waals surface area (Å²) in [6.45, 7) is 2.82. The first kappa shape index (κ1) is 22.7. The maximum Gasteiger partial charge on any atom is 0.258 e. The average Bonchev–Trinajstić information content (AvgIpc) is 3.27. The molecule has 0 saturated carbocycles. The van der Waals surface area contributed by atoms with Crippen LogP contribution in [0.25, 0.3) is 22.4 Å². The van der Waals surface area contributed by atoms with Gasteiger partial charge in [0.15, 0.2) is 0 Å². The van der Waals surface area contributed by atoms with Crippen molar-refractivity contribution in [3.8, 4) is 11.5 Å². The maximum atomic E-state index is 12.9. The van der Waals surface area contributed by atoms with E-state index in [0.29, 0.717) is 64.9 Å². The van der Waals surface area contributed by atoms with E-state index in [1.807, 2.05) is 31.2 Å². The van der Waals surface area contributed by atoms with Gasteiger partial charge in [-0.3, -0.25) is 9.59 Å². The molecule has 2 aromatic heterocycles. The summed E-state index contributed by atoms with van der Waals surface area (Å²) in [6, 6.07) is 14.4. The lowest BCUT2D eigenvalue weighted by Gasteiger charge is -2.20. The van der Waals surface area contributed by atoms with Gasteiger partial charge in [-0.1, -0.05) is 42.8 Å². The molecule has 0 saturated heterocycles. The number of rotatable bonds is 9. The van der Waals surface area contributed by atoms with Crippen molar-refractivity contribution in [3.63, 3.8) is 0 Å². The van der Waals surface area contributed by atoms with Gasteiger partial charge in [0.1, 0.15) is 5.82 Å². The van der Waals surface area contributed by atoms with Crippen LogP contribution in [0.2, 0.25) is 5.02 Å². The lowest BCUT2D eigenvalue weighted by atomic mass is 10.2. The Labute approximate surface area is 195 Å². The van der Waals surface area contributed by atoms with Gasteiger partial charge in [0, 0.05) is 19.4 Å². The fraction of sp³-hybridized carbons (Fsp3) is 0.292. The first-order valence-electron chi connectivity index (χ1n) is 10.9. The lowest BCUT2D eigenvalue weighted by Crippen LogP contribution is -2.31. The minimum atomic E-state index is -0.166. The van der Waals surface area contributed by atoms with Crippen molar-refractivity contribution in [2.24, 2.45) is 0 Å². The zero-order valence-electron chi connectivity index (χ0n) is 18.3. The molecule has 9 heteroatoms. The first-order chi connectivity index (χ1) is 16.0. The largest absolute Gasteiger partial charge is 0.419 e. The summed E-state index contributed by atoms with van der Waals surface area (Å²) >= 11 is 6.20. The van der Waals surface area contributed by atoms with E-state index in [1.165, 1.54) is 0 Å². The van der Waals surface area contributed by atoms with Gasteiger partial charge < -0.3 is 14.3 Å². The van der Waals surface area contributed by atoms with Crippen molar-refractivity contribution in [3.05, 3.63) is 75.6 Å². The number of aryl methyl sites for hydroxylation is 1. The van der Waals surface area contributed by atoms with E-state index in [9.17, 15) is 9.59 Å². The van der Waals surface area contributed by atoms with Crippen LogP contribution in [0.1, 0.15) is 37.9 Å². The van der Waals surface area contributed by atoms with E-state index in [2.05, 4.69) is 20.2 Å². The van der Waals surface area contributed by atoms with E-state index in [1.54, 1.807) is 29.2 Å². The van der Waals surface area contributed by atoms with Crippen molar-refractivity contribution in [2.75, 3.05) is 6.54 Å². The van der Waals surface area contributed by atoms with Crippen LogP contribution in [0.5, 0.6) is 0 Å². The second-order valence-corrected chi connectivity index (χ2v) is 8.09. The van der Waals surface area contributed by atoms with E-state index < -0.39 is 0 Å². The van der Waals surface area contributed by atoms with Crippen LogP contribution < -0.4 is 5.56 Å². The van der Waals surface area contributed by atoms with Crippen LogP contribution in [0, 0.1) is 0 Å². The molecule has 170 valence electrons. The zero-order valence-corrected chi connectivity index (χ0v) is 19.0. The Balaban J connectivity index is 1.38. The highest BCUT2D eigenvalue weighted by atomic mass is 35.5. The van der Waals surface area contributed by atoms with Crippen LogP contribution in [0.4, 0.5) is 0 Å². The van der Waals surface area contributed by atoms with Gasteiger partial charge in [-0.05, 0) is 37.1 Å². The van der Waals surface area contributed by atoms with E-state index in [4.69, 9.17) is 16.0 Å². The summed E-state index contributed by atoms with van der Waals surface area (Å²) in [5.74, 6) is 1.24. The first-order valence-corrected chi connectivity index (χ1v) is 11.3. The third-order valence-electron chi connectivity index (χ3n) is 5.21. The van der Waals surface area contributed by atoms with Crippen molar-refractivity contribution < 1.29 is 9.21 Å². The molecule has 0 unspecified atom stereocenters. The number of fused-ring (bicyclic) bond motifs is 1. The Kier molecular flexibility index (Phi) is 7.14. The van der Waals surface area contributed by atoms with E-state index >= 15 is 0 Å². The summed E-state index contributed by atoms with van der Waals surface area (Å²) in [5, 5.41) is 9.24. The fourth-order valence-electron chi connectivity index (χ4n) is 3.60. The fourth-order valence-corrected chi connectivity index (χ4v) is 3.82. The Hall–Kier alpha value is -3.52. The molecule has 1 amide bonds. The highest BCUT2D eigenvalue weighted by Crippen LogP contribution is 2.26. The van der Waals surface area contributed by atoms with E-state index in [0.717, 1.165) is 6.42 Å². The molecule has 2 heterocycles. The predicted molar refractivity (Wildman–Crippen MR) is 126 cm³/mol. The Bertz CT molecular complexity index is 1320. The minimum Gasteiger partial charge on any atom is -0.419 e. The predicted octanol–water partition coefficient (Wildman–Crippen LogP) is 4.39. The summed E-state index contributed by atoms with van der Waals surface area (Å²) < 4.78 is 5.76. The summed E-state index contributed by atoms with van der Waals surface area (Å²) in [6.07, 6.45) is 2.19. The maximum absolute atomic E-state index is 12.9. The number of aromatic nitrogens is 4. The number of H-pyrrole nitrogens is 1. The number of aromatic amines is 1. The molecule has 0 aliphatic rings. The molecule has 2 aromatic carbocycles. The summed E-state index contributed by atoms with van der Waals surface area (Å²) in [5.41, 5.74) is 1.14. The van der Waals surface area contributed by atoms with Gasteiger partial charge >= 0.3 is 0 Å². The van der Waals surface area contributed by atoms with Gasteiger partial charge in [-0.2, -0.15) is 0 Å². The molecule has 8 nitrogen and oxygen atoms in total. The summed E-state index contributed by atoms with van der Waals surface area (Å²) in [4.78, 5) is 34.1. The van der Waals surface area contributed by atoms with Crippen molar-refractivity contribution in [1.82, 2.24) is 25.1 Å². The van der Waals surface area contributed by atoms with Crippen molar-refractivity contribution >= 4 is 28.4 Å². The number of hydrogen-bond acceptors (Lipinski definition) is 6. The second-order valence-electron chi connectivity index (χ2n) is 7.68. The zero-order chi connectivity index (χ0) is 23.2. The Morgan fingerprint density at radius 3 is 2.73 bits per heavy atom. The van der Waals surface area contributed by atoms with Gasteiger partial charge in [0.2, 0.25) is 17.7 Å². The molecule has 0 spiro atoms. The average molecular weight is 466 g/mol. The molecule has 0 radical (unpaired) electrons. The number of para-hydroxylation sites is 1. The number of hydrogen-bond donors (Lipinski definition) is 1. The smallest absolute Gasteiger partial charge is 0.258 e. The lowest BCUT2D eigenvalue weighted by molar-refractivity contribution is -0.132. The molecule has 4 rings (SSSR count). The SMILES string of the molecule is CCCN(Cc1nnc(-c2ccccc2Cl)o1)C(=O)CCCc1nc2ccccc2c(=O)[nH]1. The van der Waals surface area contributed by atoms with Gasteiger partial charge in [0.05, 0.1) is 28.0 Å². The quantitative estimate of drug-likeness (QED) is 0.393. The van der Waals surface area contributed by atoms with Crippen LogP contribution in [0.3, 0.4) is 0 Å². The van der Waals surface area contributed by atoms with Crippen molar-refractivity contribution in [1.29, 1.82) is 0 Å². The third-order valence-corrected chi connectivity index (χ3v) is 5.54. The number of nitrogens with zero attached hydrogens (tertiary/aromatic N) is 4. The van der Waals surface area contributed by atoms with Gasteiger partial charge in [-0.25, -0.2) is 4.98 Å². The number of amides is 1. The molecular weight excluding hydrogens is 442 g/mol. The molecular formula is C24H24ClN5O3. The molecule has 4 aromatic rings. The molecule has 33 heavy (non-hydrogen) atoms. The molecule has 0 fully saturated rings. The molecule has 1 N–H and O–H groups in total. The Morgan fingerprint density at radius 1 is 1.12 bits per heavy atom. The third kappa shape index (κ3) is 5.46. The second kappa shape index (κ2) is 10.4. The minimum absolute atomic E-state index is 0.0162. The van der Waals surface area contributed by atoms with Crippen molar-refractivity contribution in [2.45, 2.75) is 39.2 Å². The standard InChI is InChI=1S/C24H24ClN5O3/c1-2-14-30(15-21-28-29-24(33-21)16-8-3-5-10-18(16)25)22(31)13-7-12-20-26-19-11-6-4-9-17(19)23(32)27-20/h3-6,8-11H,2,7,12-15H2,1H3,(H,26,27,32). The number of nitrogens with one attached hydrogen (secondary N) is 1. The van der Waals surface area contributed by atoms with Crippen LogP contribution in [0.15, 0.2) is 57.7 Å². The van der Waals surface area contributed by atoms with Crippen LogP contribution in [-0.4, -0.2) is 37.5 Å². The van der Waals surface area contributed by atoms with E-state index in [-0.39, 0.29) is 18.0 Å². The normalized spacial score (nSPS) is 11.1. The van der Waals surface area contributed by atoms with Crippen LogP contribution in [-0.2, 0) is 17.8 Å². The molecule has 0 bridgehead atoms. The monoisotopic (exact) mass is 465 g/mol. The van der Waals surface area contributed by atoms with Gasteiger partial charge in [0.25, 0.3) is 5.56 Å². The number of benzene rings is 2. The number of carbonyl (C=O) groups excluding carboxylic acids is 1. The molecule has 0 atom stereocenters. The van der Waals surface area contributed by atoms with Gasteiger partial charge in [-0.15, -0.1) is 10.2 Å². The highest BCUT2D eigenvalue weighted by Gasteiger charge is 2.18. The molecule has 0 aliphatic carbocycles. The number of carbonyl (C=O) groups is 1. The summed E-state index contributed by atoms with van der Waals surface area (Å²) in [7, 11) is 0.